The Kier molecular flexibility index (Phi) is 4.39. The van der Waals surface area contributed by atoms with Crippen molar-refractivity contribution in [3.63, 3.8) is 0 Å². The third-order valence-corrected chi connectivity index (χ3v) is 7.02. The lowest BCUT2D eigenvalue weighted by Crippen LogP contribution is -2.42. The van der Waals surface area contributed by atoms with Crippen molar-refractivity contribution in [2.24, 2.45) is 16.7 Å². The molecule has 5 nitrogen and oxygen atoms in total. The highest BCUT2D eigenvalue weighted by Crippen LogP contribution is 2.46. The summed E-state index contributed by atoms with van der Waals surface area (Å²) < 4.78 is 27.7. The normalized spacial score (nSPS) is 26.3. The second-order valence-corrected chi connectivity index (χ2v) is 10.3. The van der Waals surface area contributed by atoms with Gasteiger partial charge in [0.2, 0.25) is 10.0 Å². The summed E-state index contributed by atoms with van der Waals surface area (Å²) in [5.41, 5.74) is -0.375. The molecule has 1 saturated heterocycles. The van der Waals surface area contributed by atoms with Crippen LogP contribution in [0.25, 0.3) is 0 Å². The second kappa shape index (κ2) is 5.57. The van der Waals surface area contributed by atoms with Gasteiger partial charge in [-0.2, -0.15) is 4.31 Å². The highest BCUT2D eigenvalue weighted by Gasteiger charge is 2.54. The molecule has 1 aromatic rings. The Morgan fingerprint density at radius 2 is 1.64 bits per heavy atom. The van der Waals surface area contributed by atoms with Gasteiger partial charge in [0.05, 0.1) is 11.8 Å². The summed E-state index contributed by atoms with van der Waals surface area (Å²) in [6, 6.07) is 1.73. The Morgan fingerprint density at radius 3 is 2.05 bits per heavy atom. The van der Waals surface area contributed by atoms with Crippen molar-refractivity contribution in [3.05, 3.63) is 24.3 Å². The summed E-state index contributed by atoms with van der Waals surface area (Å²) in [5, 5.41) is -0.385. The van der Waals surface area contributed by atoms with Crippen LogP contribution in [0, 0.1) is 16.7 Å². The molecule has 0 amide bonds. The minimum atomic E-state index is -3.36. The van der Waals surface area contributed by atoms with Gasteiger partial charge in [0, 0.05) is 18.9 Å². The van der Waals surface area contributed by atoms with Gasteiger partial charge in [-0.3, -0.25) is 0 Å². The molecule has 1 aromatic heterocycles. The first-order chi connectivity index (χ1) is 9.94. The number of hydrogen-bond acceptors (Lipinski definition) is 4. The molecule has 22 heavy (non-hydrogen) atoms. The van der Waals surface area contributed by atoms with Crippen molar-refractivity contribution in [2.45, 2.75) is 53.3 Å². The SMILES string of the molecule is CC(C)(C)C1CN(Cc2ncccn2)S(=O)(=O)C1C(C)(C)C. The highest BCUT2D eigenvalue weighted by molar-refractivity contribution is 7.90. The quantitative estimate of drug-likeness (QED) is 0.838. The molecule has 0 spiro atoms. The molecule has 6 heteroatoms. The molecule has 2 rings (SSSR count). The molecule has 0 radical (unpaired) electrons. The molecule has 0 aromatic carbocycles. The molecule has 2 atom stereocenters. The number of rotatable bonds is 2. The van der Waals surface area contributed by atoms with Crippen molar-refractivity contribution < 1.29 is 8.42 Å². The molecule has 1 fully saturated rings. The van der Waals surface area contributed by atoms with E-state index in [9.17, 15) is 8.42 Å². The third kappa shape index (κ3) is 3.33. The van der Waals surface area contributed by atoms with Crippen LogP contribution in [0.3, 0.4) is 0 Å². The van der Waals surface area contributed by atoms with Crippen LogP contribution in [0.2, 0.25) is 0 Å². The Balaban J connectivity index is 2.38. The van der Waals surface area contributed by atoms with Gasteiger partial charge in [0.25, 0.3) is 0 Å². The van der Waals surface area contributed by atoms with Crippen molar-refractivity contribution >= 4 is 10.0 Å². The summed E-state index contributed by atoms with van der Waals surface area (Å²) in [6.45, 7) is 13.2. The van der Waals surface area contributed by atoms with Crippen molar-refractivity contribution in [2.75, 3.05) is 6.54 Å². The van der Waals surface area contributed by atoms with Gasteiger partial charge in [-0.25, -0.2) is 18.4 Å². The Labute approximate surface area is 134 Å². The van der Waals surface area contributed by atoms with E-state index in [2.05, 4.69) is 30.7 Å². The fraction of sp³-hybridized carbons (Fsp3) is 0.750. The van der Waals surface area contributed by atoms with Crippen LogP contribution in [-0.4, -0.2) is 34.5 Å². The summed E-state index contributed by atoms with van der Waals surface area (Å²) in [5.74, 6) is 0.634. The first-order valence-corrected chi connectivity index (χ1v) is 9.19. The molecule has 1 aliphatic rings. The Hall–Kier alpha value is -1.01. The zero-order valence-corrected chi connectivity index (χ0v) is 15.2. The first-order valence-electron chi connectivity index (χ1n) is 7.69. The van der Waals surface area contributed by atoms with Gasteiger partial charge in [0.1, 0.15) is 5.82 Å². The van der Waals surface area contributed by atoms with Gasteiger partial charge in [-0.1, -0.05) is 41.5 Å². The van der Waals surface area contributed by atoms with Crippen LogP contribution in [-0.2, 0) is 16.6 Å². The maximum absolute atomic E-state index is 13.1. The second-order valence-electron chi connectivity index (χ2n) is 8.26. The lowest BCUT2D eigenvalue weighted by atomic mass is 9.72. The summed E-state index contributed by atoms with van der Waals surface area (Å²) in [7, 11) is -3.36. The predicted molar refractivity (Wildman–Crippen MR) is 87.5 cm³/mol. The smallest absolute Gasteiger partial charge is 0.218 e. The van der Waals surface area contributed by atoms with Gasteiger partial charge >= 0.3 is 0 Å². The largest absolute Gasteiger partial charge is 0.240 e. The highest BCUT2D eigenvalue weighted by atomic mass is 32.2. The van der Waals surface area contributed by atoms with E-state index in [1.54, 1.807) is 22.8 Å². The maximum Gasteiger partial charge on any atom is 0.218 e. The lowest BCUT2D eigenvalue weighted by Gasteiger charge is -2.37. The molecular formula is C16H27N3O2S. The number of nitrogens with zero attached hydrogens (tertiary/aromatic N) is 3. The molecule has 1 aliphatic heterocycles. The van der Waals surface area contributed by atoms with Crippen LogP contribution in [0.15, 0.2) is 18.5 Å². The third-order valence-electron chi connectivity index (χ3n) is 4.35. The monoisotopic (exact) mass is 325 g/mol. The van der Waals surface area contributed by atoms with Crippen molar-refractivity contribution in [1.29, 1.82) is 0 Å². The molecular weight excluding hydrogens is 298 g/mol. The molecule has 0 bridgehead atoms. The molecule has 0 saturated carbocycles. The predicted octanol–water partition coefficient (Wildman–Crippen LogP) is 2.70. The fourth-order valence-electron chi connectivity index (χ4n) is 3.29. The van der Waals surface area contributed by atoms with E-state index >= 15 is 0 Å². The Bertz CT molecular complexity index is 615. The number of sulfonamides is 1. The average Bonchev–Trinajstić information content (AvgIpc) is 2.62. The zero-order chi connectivity index (χ0) is 16.8. The molecule has 0 N–H and O–H groups in total. The molecule has 2 heterocycles. The van der Waals surface area contributed by atoms with Gasteiger partial charge in [0.15, 0.2) is 0 Å². The number of aromatic nitrogens is 2. The van der Waals surface area contributed by atoms with Crippen LogP contribution < -0.4 is 0 Å². The van der Waals surface area contributed by atoms with E-state index in [-0.39, 0.29) is 28.5 Å². The standard InChI is InChI=1S/C16H27N3O2S/c1-15(2,3)12-10-19(11-13-17-8-7-9-18-13)22(20,21)14(12)16(4,5)6/h7-9,12,14H,10-11H2,1-6H3. The summed E-state index contributed by atoms with van der Waals surface area (Å²) in [4.78, 5) is 8.33. The lowest BCUT2D eigenvalue weighted by molar-refractivity contribution is 0.171. The van der Waals surface area contributed by atoms with E-state index in [0.717, 1.165) is 0 Å². The van der Waals surface area contributed by atoms with Crippen LogP contribution in [0.1, 0.15) is 47.4 Å². The van der Waals surface area contributed by atoms with Crippen LogP contribution in [0.4, 0.5) is 0 Å². The Morgan fingerprint density at radius 1 is 1.09 bits per heavy atom. The summed E-state index contributed by atoms with van der Waals surface area (Å²) >= 11 is 0. The van der Waals surface area contributed by atoms with E-state index in [0.29, 0.717) is 12.4 Å². The van der Waals surface area contributed by atoms with Crippen molar-refractivity contribution in [1.82, 2.24) is 14.3 Å². The molecule has 0 aliphatic carbocycles. The van der Waals surface area contributed by atoms with Crippen LogP contribution in [0.5, 0.6) is 0 Å². The number of hydrogen-bond donors (Lipinski definition) is 0. The van der Waals surface area contributed by atoms with Crippen molar-refractivity contribution in [3.8, 4) is 0 Å². The minimum absolute atomic E-state index is 0.0721. The van der Waals surface area contributed by atoms with Crippen LogP contribution >= 0.6 is 0 Å². The zero-order valence-electron chi connectivity index (χ0n) is 14.4. The first kappa shape index (κ1) is 17.3. The summed E-state index contributed by atoms with van der Waals surface area (Å²) in [6.07, 6.45) is 3.29. The average molecular weight is 325 g/mol. The topological polar surface area (TPSA) is 63.2 Å². The van der Waals surface area contributed by atoms with E-state index in [1.807, 2.05) is 20.8 Å². The van der Waals surface area contributed by atoms with E-state index in [1.165, 1.54) is 0 Å². The molecule has 124 valence electrons. The molecule has 2 unspecified atom stereocenters. The van der Waals surface area contributed by atoms with E-state index in [4.69, 9.17) is 0 Å². The fourth-order valence-corrected chi connectivity index (χ4v) is 6.08. The maximum atomic E-state index is 13.1. The minimum Gasteiger partial charge on any atom is -0.240 e. The van der Waals surface area contributed by atoms with Gasteiger partial charge in [-0.05, 0) is 22.8 Å². The van der Waals surface area contributed by atoms with Gasteiger partial charge < -0.3 is 0 Å². The van der Waals surface area contributed by atoms with E-state index < -0.39 is 10.0 Å². The van der Waals surface area contributed by atoms with Gasteiger partial charge in [-0.15, -0.1) is 0 Å².